The van der Waals surface area contributed by atoms with Gasteiger partial charge in [0.05, 0.1) is 11.0 Å². The zero-order chi connectivity index (χ0) is 5.40. The van der Waals surface area contributed by atoms with Crippen LogP contribution in [0.25, 0.3) is 11.0 Å². The third-order valence-corrected chi connectivity index (χ3v) is 1.13. The molecule has 3 aromatic rings. The highest BCUT2D eigenvalue weighted by Crippen LogP contribution is 2.02. The largest absolute Gasteiger partial charge is 0.151 e. The van der Waals surface area contributed by atoms with E-state index in [1.807, 2.05) is 24.3 Å². The van der Waals surface area contributed by atoms with E-state index in [4.69, 9.17) is 0 Å². The summed E-state index contributed by atoms with van der Waals surface area (Å²) in [5.74, 6) is 0. The molecular formula is C6H4N2. The molecular weight excluding hydrogens is 100 g/mol. The number of aromatic nitrogens is 2. The van der Waals surface area contributed by atoms with E-state index in [1.54, 1.807) is 0 Å². The van der Waals surface area contributed by atoms with Gasteiger partial charge < -0.3 is 0 Å². The summed E-state index contributed by atoms with van der Waals surface area (Å²) in [6, 6.07) is 7.79. The summed E-state index contributed by atoms with van der Waals surface area (Å²) in [4.78, 5) is 0. The lowest BCUT2D eigenvalue weighted by Crippen LogP contribution is -1.82. The lowest BCUT2D eigenvalue weighted by Gasteiger charge is -1.90. The Morgan fingerprint density at radius 2 is 1.12 bits per heavy atom. The van der Waals surface area contributed by atoms with Crippen LogP contribution in [0.15, 0.2) is 24.3 Å². The van der Waals surface area contributed by atoms with E-state index in [0.717, 1.165) is 11.0 Å². The predicted molar refractivity (Wildman–Crippen MR) is 30.7 cm³/mol. The molecule has 2 heteroatoms. The van der Waals surface area contributed by atoms with Crippen molar-refractivity contribution in [2.75, 3.05) is 0 Å². The Morgan fingerprint density at radius 3 is 1.25 bits per heavy atom. The van der Waals surface area contributed by atoms with Gasteiger partial charge in [0.25, 0.3) is 0 Å². The van der Waals surface area contributed by atoms with Gasteiger partial charge in [0, 0.05) is 0 Å². The van der Waals surface area contributed by atoms with E-state index >= 15 is 0 Å². The minimum atomic E-state index is 0.944. The first kappa shape index (κ1) is 3.78. The number of rotatable bonds is 0. The fourth-order valence-corrected chi connectivity index (χ4v) is 0.701. The fourth-order valence-electron chi connectivity index (χ4n) is 0.701. The molecule has 2 heterocycles. The molecule has 0 fully saturated rings. The van der Waals surface area contributed by atoms with Gasteiger partial charge in [0.15, 0.2) is 0 Å². The van der Waals surface area contributed by atoms with Gasteiger partial charge in [-0.2, -0.15) is 10.2 Å². The molecule has 0 N–H and O–H groups in total. The van der Waals surface area contributed by atoms with Crippen molar-refractivity contribution in [3.05, 3.63) is 24.3 Å². The highest BCUT2D eigenvalue weighted by Gasteiger charge is 1.87. The molecule has 0 spiro atoms. The van der Waals surface area contributed by atoms with Crippen LogP contribution >= 0.6 is 0 Å². The summed E-state index contributed by atoms with van der Waals surface area (Å²) in [6.45, 7) is 0. The molecule has 3 rings (SSSR count). The summed E-state index contributed by atoms with van der Waals surface area (Å²) >= 11 is 0. The van der Waals surface area contributed by atoms with Crippen LogP contribution in [-0.4, -0.2) is 10.2 Å². The molecule has 2 aromatic heterocycles. The third kappa shape index (κ3) is 0.368. The molecule has 0 saturated carbocycles. The predicted octanol–water partition coefficient (Wildman–Crippen LogP) is 1.07. The monoisotopic (exact) mass is 104 g/mol. The normalized spacial score (nSPS) is 10.5. The summed E-state index contributed by atoms with van der Waals surface area (Å²) in [5, 5.41) is 7.66. The smallest absolute Gasteiger partial charge is 0.0858 e. The van der Waals surface area contributed by atoms with E-state index in [-0.39, 0.29) is 0 Å². The van der Waals surface area contributed by atoms with Gasteiger partial charge >= 0.3 is 0 Å². The molecule has 2 bridgehead atoms. The average Bonchev–Trinajstić information content (AvgIpc) is 1.92. The molecule has 0 aliphatic carbocycles. The second kappa shape index (κ2) is 1.15. The molecule has 0 atom stereocenters. The SMILES string of the molecule is c1cc2ccc1nn2. The number of hydrogen-bond acceptors (Lipinski definition) is 2. The van der Waals surface area contributed by atoms with Crippen molar-refractivity contribution in [1.29, 1.82) is 0 Å². The van der Waals surface area contributed by atoms with Crippen LogP contribution in [0.3, 0.4) is 0 Å². The zero-order valence-electron chi connectivity index (χ0n) is 4.20. The minimum absolute atomic E-state index is 0.944. The number of hydrogen-bond donors (Lipinski definition) is 0. The summed E-state index contributed by atoms with van der Waals surface area (Å²) < 4.78 is 0. The van der Waals surface area contributed by atoms with E-state index in [0.29, 0.717) is 0 Å². The standard InChI is InChI=1S/C6H4N2/c1-2-6-4-3-5(1)7-8-6/h1-4H. The van der Waals surface area contributed by atoms with Gasteiger partial charge in [-0.3, -0.25) is 0 Å². The fraction of sp³-hybridized carbons (Fsp3) is 0. The van der Waals surface area contributed by atoms with Crippen molar-refractivity contribution in [1.82, 2.24) is 10.2 Å². The van der Waals surface area contributed by atoms with Gasteiger partial charge in [0.2, 0.25) is 0 Å². The maximum Gasteiger partial charge on any atom is 0.0858 e. The van der Waals surface area contributed by atoms with Crippen molar-refractivity contribution in [3.63, 3.8) is 0 Å². The number of nitrogens with zero attached hydrogens (tertiary/aromatic N) is 2. The van der Waals surface area contributed by atoms with Crippen molar-refractivity contribution >= 4 is 11.0 Å². The molecule has 38 valence electrons. The lowest BCUT2D eigenvalue weighted by atomic mass is 10.3. The Balaban J connectivity index is 3.05. The average molecular weight is 104 g/mol. The summed E-state index contributed by atoms with van der Waals surface area (Å²) in [6.07, 6.45) is 0. The second-order valence-electron chi connectivity index (χ2n) is 1.72. The van der Waals surface area contributed by atoms with Crippen LogP contribution in [0.5, 0.6) is 0 Å². The molecule has 0 unspecified atom stereocenters. The van der Waals surface area contributed by atoms with Crippen molar-refractivity contribution < 1.29 is 0 Å². The van der Waals surface area contributed by atoms with Gasteiger partial charge in [-0.15, -0.1) is 0 Å². The van der Waals surface area contributed by atoms with Crippen LogP contribution in [0, 0.1) is 0 Å². The number of fused-ring (bicyclic) bond motifs is 3. The van der Waals surface area contributed by atoms with Gasteiger partial charge in [-0.25, -0.2) is 0 Å². The molecule has 0 saturated heterocycles. The first-order valence-corrected chi connectivity index (χ1v) is 2.47. The first-order chi connectivity index (χ1) is 3.95. The number of benzene rings is 1. The van der Waals surface area contributed by atoms with Crippen LogP contribution in [0.4, 0.5) is 0 Å². The topological polar surface area (TPSA) is 25.8 Å². The molecule has 8 heavy (non-hydrogen) atoms. The Hall–Kier alpha value is -1.18. The third-order valence-electron chi connectivity index (χ3n) is 1.13. The Bertz CT molecular complexity index is 201. The molecule has 1 aromatic carbocycles. The summed E-state index contributed by atoms with van der Waals surface area (Å²) in [7, 11) is 0. The molecule has 2 nitrogen and oxygen atoms in total. The van der Waals surface area contributed by atoms with Crippen molar-refractivity contribution in [3.8, 4) is 0 Å². The maximum atomic E-state index is 3.83. The lowest BCUT2D eigenvalue weighted by molar-refractivity contribution is 1.10. The molecule has 0 aliphatic rings. The van der Waals surface area contributed by atoms with Gasteiger partial charge in [-0.1, -0.05) is 0 Å². The second-order valence-corrected chi connectivity index (χ2v) is 1.72. The van der Waals surface area contributed by atoms with Gasteiger partial charge in [-0.05, 0) is 24.3 Å². The van der Waals surface area contributed by atoms with E-state index in [1.165, 1.54) is 0 Å². The minimum Gasteiger partial charge on any atom is -0.151 e. The first-order valence-electron chi connectivity index (χ1n) is 2.47. The Morgan fingerprint density at radius 1 is 0.750 bits per heavy atom. The quantitative estimate of drug-likeness (QED) is 0.499. The van der Waals surface area contributed by atoms with Crippen LogP contribution in [-0.2, 0) is 0 Å². The molecule has 0 aliphatic heterocycles. The zero-order valence-corrected chi connectivity index (χ0v) is 4.20. The van der Waals surface area contributed by atoms with Crippen LogP contribution in [0.2, 0.25) is 0 Å². The van der Waals surface area contributed by atoms with Crippen LogP contribution in [0.1, 0.15) is 0 Å². The molecule has 0 radical (unpaired) electrons. The Kier molecular flexibility index (Phi) is 0.545. The van der Waals surface area contributed by atoms with E-state index in [2.05, 4.69) is 10.2 Å². The Labute approximate surface area is 46.5 Å². The maximum absolute atomic E-state index is 3.83. The van der Waals surface area contributed by atoms with Crippen molar-refractivity contribution in [2.45, 2.75) is 0 Å². The van der Waals surface area contributed by atoms with Crippen molar-refractivity contribution in [2.24, 2.45) is 0 Å². The molecule has 0 amide bonds. The van der Waals surface area contributed by atoms with E-state index in [9.17, 15) is 0 Å². The van der Waals surface area contributed by atoms with Crippen LogP contribution < -0.4 is 0 Å². The van der Waals surface area contributed by atoms with Gasteiger partial charge in [0.1, 0.15) is 0 Å². The highest BCUT2D eigenvalue weighted by atomic mass is 15.1. The summed E-state index contributed by atoms with van der Waals surface area (Å²) in [5.41, 5.74) is 1.89. The highest BCUT2D eigenvalue weighted by molar-refractivity contribution is 5.57. The van der Waals surface area contributed by atoms with E-state index < -0.39 is 0 Å².